The molecule has 0 aliphatic heterocycles. The number of carbonyl (C=O) groups is 1. The minimum atomic E-state index is -3.90. The van der Waals surface area contributed by atoms with Gasteiger partial charge >= 0.3 is 0 Å². The Morgan fingerprint density at radius 1 is 0.897 bits per heavy atom. The second-order valence-corrected chi connectivity index (χ2v) is 10.5. The van der Waals surface area contributed by atoms with Crippen molar-refractivity contribution >= 4 is 38.1 Å². The van der Waals surface area contributed by atoms with Crippen molar-refractivity contribution in [2.24, 2.45) is 5.14 Å². The molecule has 5 rings (SSSR count). The first-order valence-corrected chi connectivity index (χ1v) is 13.7. The standard InChI is InChI=1S/C30H26N4O4S/c31-26-17-22-14-15-33-19-23(22)18-27(26)38-28(16-20-6-2-1-3-7-20)30(35)34-24-12-10-21(11-13-24)25-8-4-5-9-29(25)39(32,36)37/h1-15,17-19,28H,16,31H2,(H,34,35)(H2,32,36,37). The number of hydrogen-bond donors (Lipinski definition) is 3. The lowest BCUT2D eigenvalue weighted by atomic mass is 10.0. The Morgan fingerprint density at radius 2 is 1.62 bits per heavy atom. The van der Waals surface area contributed by atoms with E-state index >= 15 is 0 Å². The number of anilines is 2. The van der Waals surface area contributed by atoms with Gasteiger partial charge in [0.05, 0.1) is 10.6 Å². The van der Waals surface area contributed by atoms with Crippen LogP contribution in [0.2, 0.25) is 0 Å². The number of nitrogens with two attached hydrogens (primary N) is 2. The van der Waals surface area contributed by atoms with Crippen molar-refractivity contribution in [1.29, 1.82) is 0 Å². The second kappa shape index (κ2) is 10.9. The number of aromatic nitrogens is 1. The summed E-state index contributed by atoms with van der Waals surface area (Å²) in [5.41, 5.74) is 9.25. The van der Waals surface area contributed by atoms with E-state index in [1.165, 1.54) is 6.07 Å². The summed E-state index contributed by atoms with van der Waals surface area (Å²) in [5.74, 6) is 0.0313. The molecule has 0 saturated carbocycles. The van der Waals surface area contributed by atoms with Crippen LogP contribution < -0.4 is 20.9 Å². The molecule has 8 nitrogen and oxygen atoms in total. The van der Waals surface area contributed by atoms with Gasteiger partial charge in [-0.25, -0.2) is 13.6 Å². The van der Waals surface area contributed by atoms with Crippen molar-refractivity contribution in [1.82, 2.24) is 4.98 Å². The summed E-state index contributed by atoms with van der Waals surface area (Å²) in [7, 11) is -3.90. The number of sulfonamides is 1. The number of nitrogen functional groups attached to an aromatic ring is 1. The van der Waals surface area contributed by atoms with Crippen molar-refractivity contribution < 1.29 is 17.9 Å². The van der Waals surface area contributed by atoms with E-state index in [1.807, 2.05) is 36.4 Å². The third kappa shape index (κ3) is 6.06. The predicted molar refractivity (Wildman–Crippen MR) is 153 cm³/mol. The lowest BCUT2D eigenvalue weighted by molar-refractivity contribution is -0.122. The van der Waals surface area contributed by atoms with Crippen LogP contribution in [0.3, 0.4) is 0 Å². The monoisotopic (exact) mass is 538 g/mol. The highest BCUT2D eigenvalue weighted by molar-refractivity contribution is 7.89. The molecule has 0 aliphatic rings. The number of pyridine rings is 1. The van der Waals surface area contributed by atoms with Gasteiger partial charge < -0.3 is 15.8 Å². The summed E-state index contributed by atoms with van der Waals surface area (Å²) in [6, 6.07) is 28.3. The third-order valence-electron chi connectivity index (χ3n) is 6.25. The molecule has 0 radical (unpaired) electrons. The molecule has 0 bridgehead atoms. The number of primary sulfonamides is 1. The largest absolute Gasteiger partial charge is 0.478 e. The number of fused-ring (bicyclic) bond motifs is 1. The molecule has 4 aromatic carbocycles. The number of ether oxygens (including phenoxy) is 1. The maximum Gasteiger partial charge on any atom is 0.265 e. The van der Waals surface area contributed by atoms with Gasteiger partial charge in [-0.2, -0.15) is 0 Å². The molecule has 196 valence electrons. The molecule has 9 heteroatoms. The second-order valence-electron chi connectivity index (χ2n) is 9.02. The molecule has 39 heavy (non-hydrogen) atoms. The van der Waals surface area contributed by atoms with Gasteiger partial charge in [-0.05, 0) is 52.9 Å². The molecule has 1 aromatic heterocycles. The van der Waals surface area contributed by atoms with Crippen LogP contribution in [0.4, 0.5) is 11.4 Å². The van der Waals surface area contributed by atoms with Gasteiger partial charge in [0.2, 0.25) is 10.0 Å². The Hall–Kier alpha value is -4.73. The zero-order valence-electron chi connectivity index (χ0n) is 20.8. The molecule has 0 fully saturated rings. The van der Waals surface area contributed by atoms with Gasteiger partial charge in [-0.3, -0.25) is 9.78 Å². The molecule has 1 amide bonds. The topological polar surface area (TPSA) is 137 Å². The van der Waals surface area contributed by atoms with Crippen molar-refractivity contribution in [3.63, 3.8) is 0 Å². The number of amides is 1. The minimum absolute atomic E-state index is 0.0290. The van der Waals surface area contributed by atoms with Crippen LogP contribution >= 0.6 is 0 Å². The Kier molecular flexibility index (Phi) is 7.27. The highest BCUT2D eigenvalue weighted by Gasteiger charge is 2.23. The van der Waals surface area contributed by atoms with Crippen LogP contribution in [0.15, 0.2) is 114 Å². The van der Waals surface area contributed by atoms with Crippen molar-refractivity contribution in [2.45, 2.75) is 17.4 Å². The number of hydrogen-bond acceptors (Lipinski definition) is 6. The van der Waals surface area contributed by atoms with Crippen molar-refractivity contribution in [3.8, 4) is 16.9 Å². The fraction of sp³-hybridized carbons (Fsp3) is 0.0667. The van der Waals surface area contributed by atoms with E-state index in [0.29, 0.717) is 34.7 Å². The molecule has 1 unspecified atom stereocenters. The summed E-state index contributed by atoms with van der Waals surface area (Å²) in [6.45, 7) is 0. The molecule has 5 N–H and O–H groups in total. The zero-order valence-corrected chi connectivity index (χ0v) is 21.6. The first-order chi connectivity index (χ1) is 18.8. The van der Waals surface area contributed by atoms with E-state index in [-0.39, 0.29) is 10.8 Å². The van der Waals surface area contributed by atoms with Crippen molar-refractivity contribution in [2.75, 3.05) is 11.1 Å². The normalized spacial score (nSPS) is 12.1. The van der Waals surface area contributed by atoms with Gasteiger partial charge in [0.25, 0.3) is 5.91 Å². The Balaban J connectivity index is 1.40. The fourth-order valence-electron chi connectivity index (χ4n) is 4.31. The molecular formula is C30H26N4O4S. The summed E-state index contributed by atoms with van der Waals surface area (Å²) in [4.78, 5) is 17.6. The summed E-state index contributed by atoms with van der Waals surface area (Å²) in [6.07, 6.45) is 2.83. The Morgan fingerprint density at radius 3 is 2.36 bits per heavy atom. The van der Waals surface area contributed by atoms with E-state index in [4.69, 9.17) is 15.6 Å². The van der Waals surface area contributed by atoms with E-state index in [0.717, 1.165) is 16.3 Å². The highest BCUT2D eigenvalue weighted by Crippen LogP contribution is 2.30. The molecule has 1 atom stereocenters. The summed E-state index contributed by atoms with van der Waals surface area (Å²) >= 11 is 0. The number of nitrogens with zero attached hydrogens (tertiary/aromatic N) is 1. The maximum atomic E-state index is 13.5. The highest BCUT2D eigenvalue weighted by atomic mass is 32.2. The van der Waals surface area contributed by atoms with Crippen LogP contribution in [0, 0.1) is 0 Å². The number of carbonyl (C=O) groups excluding carboxylic acids is 1. The molecule has 0 spiro atoms. The SMILES string of the molecule is Nc1cc2ccncc2cc1OC(Cc1ccccc1)C(=O)Nc1ccc(-c2ccccc2S(N)(=O)=O)cc1. The van der Waals surface area contributed by atoms with E-state index in [2.05, 4.69) is 10.3 Å². The Labute approximate surface area is 226 Å². The quantitative estimate of drug-likeness (QED) is 0.244. The lowest BCUT2D eigenvalue weighted by Gasteiger charge is -2.20. The van der Waals surface area contributed by atoms with Gasteiger partial charge in [-0.1, -0.05) is 60.7 Å². The molecule has 0 aliphatic carbocycles. The van der Waals surface area contributed by atoms with Gasteiger partial charge in [0.1, 0.15) is 5.75 Å². The minimum Gasteiger partial charge on any atom is -0.478 e. The molecular weight excluding hydrogens is 512 g/mol. The van der Waals surface area contributed by atoms with Gasteiger partial charge in [0.15, 0.2) is 6.10 Å². The van der Waals surface area contributed by atoms with E-state index in [1.54, 1.807) is 67.0 Å². The van der Waals surface area contributed by atoms with E-state index < -0.39 is 16.1 Å². The van der Waals surface area contributed by atoms with Crippen LogP contribution in [0.1, 0.15) is 5.56 Å². The Bertz CT molecular complexity index is 1740. The molecule has 0 saturated heterocycles. The van der Waals surface area contributed by atoms with Gasteiger partial charge in [-0.15, -0.1) is 0 Å². The fourth-order valence-corrected chi connectivity index (χ4v) is 5.07. The van der Waals surface area contributed by atoms with Gasteiger partial charge in [0, 0.05) is 35.5 Å². The average Bonchev–Trinajstić information content (AvgIpc) is 2.93. The van der Waals surface area contributed by atoms with Crippen LogP contribution in [0.5, 0.6) is 5.75 Å². The van der Waals surface area contributed by atoms with Crippen LogP contribution in [-0.2, 0) is 21.2 Å². The van der Waals surface area contributed by atoms with E-state index in [9.17, 15) is 13.2 Å². The first kappa shape index (κ1) is 25.9. The number of rotatable bonds is 8. The number of benzene rings is 4. The first-order valence-electron chi connectivity index (χ1n) is 12.1. The summed E-state index contributed by atoms with van der Waals surface area (Å²) < 4.78 is 30.2. The smallest absolute Gasteiger partial charge is 0.265 e. The third-order valence-corrected chi connectivity index (χ3v) is 7.22. The predicted octanol–water partition coefficient (Wildman–Crippen LogP) is 4.76. The average molecular weight is 539 g/mol. The zero-order chi connectivity index (χ0) is 27.4. The number of nitrogens with one attached hydrogen (secondary N) is 1. The molecule has 5 aromatic rings. The molecule has 1 heterocycles. The maximum absolute atomic E-state index is 13.5. The van der Waals surface area contributed by atoms with Crippen LogP contribution in [-0.4, -0.2) is 25.4 Å². The van der Waals surface area contributed by atoms with Crippen molar-refractivity contribution in [3.05, 3.63) is 115 Å². The van der Waals surface area contributed by atoms with Crippen LogP contribution in [0.25, 0.3) is 21.9 Å². The summed E-state index contributed by atoms with van der Waals surface area (Å²) in [5, 5.41) is 10.0. The lowest BCUT2D eigenvalue weighted by Crippen LogP contribution is -2.35.